The van der Waals surface area contributed by atoms with E-state index in [1.54, 1.807) is 0 Å². The molecule has 0 aromatic heterocycles. The summed E-state index contributed by atoms with van der Waals surface area (Å²) < 4.78 is 0. The summed E-state index contributed by atoms with van der Waals surface area (Å²) in [7, 11) is 0. The van der Waals surface area contributed by atoms with Gasteiger partial charge >= 0.3 is 0 Å². The number of carbonyl (C=O) groups excluding carboxylic acids is 7. The topological polar surface area (TPSA) is 225 Å². The van der Waals surface area contributed by atoms with Crippen LogP contribution < -0.4 is 22.1 Å². The fraction of sp³-hybridized carbons (Fsp3) is 0.647. The molecule has 2 rings (SSSR count). The van der Waals surface area contributed by atoms with Gasteiger partial charge in [-0.05, 0) is 25.7 Å². The maximum atomic E-state index is 11.3. The molecule has 2 heterocycles. The van der Waals surface area contributed by atoms with Crippen LogP contribution >= 0.6 is 0 Å². The van der Waals surface area contributed by atoms with Crippen LogP contribution in [0.3, 0.4) is 0 Å². The first kappa shape index (κ1) is 44.6. The Balaban J connectivity index is 0.000000853. The van der Waals surface area contributed by atoms with Crippen molar-refractivity contribution in [3.8, 4) is 0 Å². The Bertz CT molecular complexity index is 1100. The lowest BCUT2D eigenvalue weighted by Crippen LogP contribution is -2.40. The van der Waals surface area contributed by atoms with E-state index in [4.69, 9.17) is 15.7 Å². The smallest absolute Gasteiger partial charge is 0.300 e. The van der Waals surface area contributed by atoms with Gasteiger partial charge in [0.2, 0.25) is 17.7 Å². The largest absolute Gasteiger partial charge is 0.481 e. The minimum Gasteiger partial charge on any atom is -0.481 e. The van der Waals surface area contributed by atoms with Crippen LogP contribution in [0.5, 0.6) is 0 Å². The van der Waals surface area contributed by atoms with Crippen molar-refractivity contribution in [1.29, 1.82) is 0 Å². The summed E-state index contributed by atoms with van der Waals surface area (Å²) in [6, 6.07) is 0. The third kappa shape index (κ3) is 25.3. The molecule has 49 heavy (non-hydrogen) atoms. The Hall–Kier alpha value is -4.40. The van der Waals surface area contributed by atoms with E-state index in [-0.39, 0.29) is 41.4 Å². The molecule has 0 radical (unpaired) electrons. The average molecular weight is 693 g/mol. The molecule has 2 aliphatic rings. The quantitative estimate of drug-likeness (QED) is 0.0366. The van der Waals surface area contributed by atoms with Gasteiger partial charge in [0.15, 0.2) is 0 Å². The zero-order chi connectivity index (χ0) is 36.9. The Morgan fingerprint density at radius 3 is 1.12 bits per heavy atom. The van der Waals surface area contributed by atoms with Crippen molar-refractivity contribution in [3.05, 3.63) is 24.3 Å². The standard InChI is InChI=1S/C17H27N3O4.C15H25N3O3.C2H4O2/c1-14(21)18-19-15(22)10-8-6-4-2-3-5-7-9-13-20-16(23)11-12-17(20)24;16-17-13(19)9-7-5-3-1-2-4-6-8-12-18-14(20)10-11-15(18)21;1-2(3)4/h11-12H,2-10,13H2,1H3,(H,18,21)(H,19,22);10-11H,1-9,12,16H2,(H,17,19);1H3,(H,3,4). The molecule has 0 aromatic rings. The molecule has 0 fully saturated rings. The molecule has 2 aliphatic heterocycles. The predicted octanol–water partition coefficient (Wildman–Crippen LogP) is 3.09. The van der Waals surface area contributed by atoms with Crippen molar-refractivity contribution < 1.29 is 43.5 Å². The lowest BCUT2D eigenvalue weighted by atomic mass is 10.1. The summed E-state index contributed by atoms with van der Waals surface area (Å²) in [6.45, 7) is 3.46. The molecule has 15 nitrogen and oxygen atoms in total. The number of imide groups is 2. The number of aliphatic carboxylic acids is 1. The average Bonchev–Trinajstić information content (AvgIpc) is 3.55. The van der Waals surface area contributed by atoms with Gasteiger partial charge < -0.3 is 5.11 Å². The van der Waals surface area contributed by atoms with Gasteiger partial charge in [-0.2, -0.15) is 0 Å². The first-order valence-electron chi connectivity index (χ1n) is 17.2. The number of hydrazine groups is 2. The number of hydrogen-bond acceptors (Lipinski definition) is 9. The van der Waals surface area contributed by atoms with Crippen LogP contribution in [-0.2, 0) is 38.4 Å². The van der Waals surface area contributed by atoms with Crippen molar-refractivity contribution in [2.24, 2.45) is 5.84 Å². The van der Waals surface area contributed by atoms with Gasteiger partial charge in [-0.25, -0.2) is 5.84 Å². The molecular weight excluding hydrogens is 636 g/mol. The number of amides is 7. The minimum absolute atomic E-state index is 0.101. The van der Waals surface area contributed by atoms with Crippen LogP contribution in [0.2, 0.25) is 0 Å². The lowest BCUT2D eigenvalue weighted by molar-refractivity contribution is -0.138. The molecule has 0 aliphatic carbocycles. The van der Waals surface area contributed by atoms with Gasteiger partial charge in [-0.15, -0.1) is 0 Å². The number of hydrogen-bond donors (Lipinski definition) is 5. The van der Waals surface area contributed by atoms with E-state index in [0.29, 0.717) is 25.9 Å². The SMILES string of the molecule is CC(=O)NNC(=O)CCCCCCCCCCN1C(=O)C=CC1=O.CC(=O)O.NNC(=O)CCCCCCCCCCN1C(=O)C=CC1=O. The number of rotatable bonds is 22. The van der Waals surface area contributed by atoms with Gasteiger partial charge in [0, 0.05) is 64.1 Å². The second-order valence-corrected chi connectivity index (χ2v) is 11.8. The summed E-state index contributed by atoms with van der Waals surface area (Å²) in [4.78, 5) is 89.7. The highest BCUT2D eigenvalue weighted by Crippen LogP contribution is 2.13. The van der Waals surface area contributed by atoms with Crippen LogP contribution in [-0.4, -0.2) is 75.3 Å². The lowest BCUT2D eigenvalue weighted by Gasteiger charge is -2.12. The second-order valence-electron chi connectivity index (χ2n) is 11.8. The molecule has 0 unspecified atom stereocenters. The fourth-order valence-electron chi connectivity index (χ4n) is 4.83. The zero-order valence-electron chi connectivity index (χ0n) is 29.1. The number of carbonyl (C=O) groups is 8. The predicted molar refractivity (Wildman–Crippen MR) is 182 cm³/mol. The number of carboxylic acids is 1. The third-order valence-corrected chi connectivity index (χ3v) is 7.41. The molecule has 276 valence electrons. The van der Waals surface area contributed by atoms with E-state index in [1.807, 2.05) is 0 Å². The summed E-state index contributed by atoms with van der Waals surface area (Å²) >= 11 is 0. The van der Waals surface area contributed by atoms with Crippen LogP contribution in [0.15, 0.2) is 24.3 Å². The Kier molecular flexibility index (Phi) is 26.0. The molecule has 0 bridgehead atoms. The molecule has 7 amide bonds. The maximum Gasteiger partial charge on any atom is 0.300 e. The van der Waals surface area contributed by atoms with Gasteiger partial charge in [0.25, 0.3) is 29.6 Å². The highest BCUT2D eigenvalue weighted by atomic mass is 16.4. The van der Waals surface area contributed by atoms with E-state index in [1.165, 1.54) is 41.0 Å². The van der Waals surface area contributed by atoms with Crippen LogP contribution in [0.1, 0.15) is 129 Å². The zero-order valence-corrected chi connectivity index (χ0v) is 29.1. The number of carboxylic acid groups (broad SMARTS) is 1. The number of nitrogens with two attached hydrogens (primary N) is 1. The first-order valence-corrected chi connectivity index (χ1v) is 17.2. The summed E-state index contributed by atoms with van der Waals surface area (Å²) in [5.41, 5.74) is 6.73. The Morgan fingerprint density at radius 1 is 0.531 bits per heavy atom. The van der Waals surface area contributed by atoms with Crippen LogP contribution in [0, 0.1) is 0 Å². The molecule has 6 N–H and O–H groups in total. The van der Waals surface area contributed by atoms with Gasteiger partial charge in [-0.1, -0.05) is 77.0 Å². The molecule has 15 heteroatoms. The van der Waals surface area contributed by atoms with E-state index >= 15 is 0 Å². The molecular formula is C34H56N6O9. The summed E-state index contributed by atoms with van der Waals surface area (Å²) in [5, 5.41) is 7.42. The van der Waals surface area contributed by atoms with Crippen molar-refractivity contribution in [1.82, 2.24) is 26.1 Å². The van der Waals surface area contributed by atoms with Crippen molar-refractivity contribution >= 4 is 47.3 Å². The van der Waals surface area contributed by atoms with E-state index < -0.39 is 5.97 Å². The highest BCUT2D eigenvalue weighted by molar-refractivity contribution is 6.13. The van der Waals surface area contributed by atoms with Gasteiger partial charge in [-0.3, -0.25) is 64.4 Å². The Labute approximate surface area is 289 Å². The van der Waals surface area contributed by atoms with Gasteiger partial charge in [0.1, 0.15) is 0 Å². The summed E-state index contributed by atoms with van der Waals surface area (Å²) in [6.07, 6.45) is 22.7. The monoisotopic (exact) mass is 692 g/mol. The Morgan fingerprint density at radius 2 is 0.816 bits per heavy atom. The number of nitrogens with zero attached hydrogens (tertiary/aromatic N) is 2. The maximum absolute atomic E-state index is 11.3. The molecule has 0 atom stereocenters. The van der Waals surface area contributed by atoms with Gasteiger partial charge in [0.05, 0.1) is 0 Å². The first-order chi connectivity index (χ1) is 23.4. The molecule has 0 saturated heterocycles. The number of unbranched alkanes of at least 4 members (excludes halogenated alkanes) is 14. The van der Waals surface area contributed by atoms with Crippen molar-refractivity contribution in [3.63, 3.8) is 0 Å². The van der Waals surface area contributed by atoms with Crippen LogP contribution in [0.25, 0.3) is 0 Å². The van der Waals surface area contributed by atoms with Crippen LogP contribution in [0.4, 0.5) is 0 Å². The van der Waals surface area contributed by atoms with Crippen molar-refractivity contribution in [2.75, 3.05) is 13.1 Å². The normalized spacial score (nSPS) is 13.1. The summed E-state index contributed by atoms with van der Waals surface area (Å²) in [5.74, 6) is 2.82. The van der Waals surface area contributed by atoms with E-state index in [9.17, 15) is 33.6 Å². The fourth-order valence-corrected chi connectivity index (χ4v) is 4.83. The third-order valence-electron chi connectivity index (χ3n) is 7.41. The highest BCUT2D eigenvalue weighted by Gasteiger charge is 2.23. The van der Waals surface area contributed by atoms with Crippen molar-refractivity contribution in [2.45, 2.75) is 129 Å². The minimum atomic E-state index is -0.833. The van der Waals surface area contributed by atoms with E-state index in [0.717, 1.165) is 110 Å². The molecule has 0 saturated carbocycles. The second kappa shape index (κ2) is 28.6. The number of nitrogens with one attached hydrogen (secondary N) is 3. The van der Waals surface area contributed by atoms with E-state index in [2.05, 4.69) is 16.3 Å². The molecule has 0 spiro atoms. The molecule has 0 aromatic carbocycles.